The molecule has 2 N–H and O–H groups in total. The van der Waals surface area contributed by atoms with Gasteiger partial charge in [-0.3, -0.25) is 4.79 Å². The number of anilines is 1. The van der Waals surface area contributed by atoms with Crippen molar-refractivity contribution >= 4 is 21.4 Å². The van der Waals surface area contributed by atoms with E-state index in [0.29, 0.717) is 11.3 Å². The van der Waals surface area contributed by atoms with Crippen molar-refractivity contribution in [3.8, 4) is 0 Å². The van der Waals surface area contributed by atoms with Gasteiger partial charge >= 0.3 is 0 Å². The highest BCUT2D eigenvalue weighted by molar-refractivity contribution is 7.90. The van der Waals surface area contributed by atoms with Crippen LogP contribution in [0.2, 0.25) is 0 Å². The van der Waals surface area contributed by atoms with Crippen molar-refractivity contribution in [2.45, 2.75) is 12.0 Å². The van der Waals surface area contributed by atoms with E-state index in [4.69, 9.17) is 0 Å². The maximum atomic E-state index is 11.7. The summed E-state index contributed by atoms with van der Waals surface area (Å²) < 4.78 is 22.2. The molecule has 2 rings (SSSR count). The number of carbonyl (C=O) groups excluding carboxylic acids is 1. The van der Waals surface area contributed by atoms with Gasteiger partial charge < -0.3 is 10.4 Å². The normalized spacial score (nSPS) is 23.3. The molecule has 1 aliphatic rings. The number of nitrogens with one attached hydrogen (secondary N) is 1. The van der Waals surface area contributed by atoms with E-state index in [9.17, 15) is 18.3 Å². The zero-order valence-corrected chi connectivity index (χ0v) is 10.1. The van der Waals surface area contributed by atoms with Crippen LogP contribution in [0.25, 0.3) is 0 Å². The fourth-order valence-electron chi connectivity index (χ4n) is 1.88. The average molecular weight is 255 g/mol. The molecule has 0 saturated heterocycles. The highest BCUT2D eigenvalue weighted by atomic mass is 32.2. The third kappa shape index (κ3) is 2.18. The summed E-state index contributed by atoms with van der Waals surface area (Å²) in [5.41, 5.74) is -0.762. The number of amides is 1. The van der Waals surface area contributed by atoms with Gasteiger partial charge in [0.15, 0.2) is 5.60 Å². The van der Waals surface area contributed by atoms with Crippen LogP contribution in [0, 0.1) is 0 Å². The Morgan fingerprint density at radius 1 is 1.35 bits per heavy atom. The fourth-order valence-corrected chi connectivity index (χ4v) is 2.55. The number of carbonyl (C=O) groups is 1. The Kier molecular flexibility index (Phi) is 2.71. The van der Waals surface area contributed by atoms with Crippen molar-refractivity contribution in [3.05, 3.63) is 29.8 Å². The molecule has 1 atom stereocenters. The number of fused-ring (bicyclic) bond motifs is 1. The first-order valence-corrected chi connectivity index (χ1v) is 7.20. The van der Waals surface area contributed by atoms with Gasteiger partial charge in [-0.25, -0.2) is 8.42 Å². The second-order valence-electron chi connectivity index (χ2n) is 4.24. The van der Waals surface area contributed by atoms with Crippen LogP contribution < -0.4 is 5.32 Å². The molecule has 0 spiro atoms. The van der Waals surface area contributed by atoms with Gasteiger partial charge in [-0.15, -0.1) is 0 Å². The van der Waals surface area contributed by atoms with E-state index in [-0.39, 0.29) is 12.2 Å². The van der Waals surface area contributed by atoms with Gasteiger partial charge in [-0.2, -0.15) is 0 Å². The lowest BCUT2D eigenvalue weighted by Gasteiger charge is -2.19. The standard InChI is InChI=1S/C11H13NO4S/c1-17(15,16)7-6-11(14)8-4-2-3-5-9(8)12-10(11)13/h2-5,14H,6-7H2,1H3,(H,12,13). The molecule has 6 heteroatoms. The number of para-hydroxylation sites is 1. The Morgan fingerprint density at radius 2 is 2.00 bits per heavy atom. The highest BCUT2D eigenvalue weighted by Crippen LogP contribution is 2.38. The highest BCUT2D eigenvalue weighted by Gasteiger charge is 2.45. The van der Waals surface area contributed by atoms with Crippen molar-refractivity contribution in [3.63, 3.8) is 0 Å². The summed E-state index contributed by atoms with van der Waals surface area (Å²) in [5, 5.41) is 12.8. The Bertz CT molecular complexity index is 567. The van der Waals surface area contributed by atoms with Crippen LogP contribution in [0.3, 0.4) is 0 Å². The molecular weight excluding hydrogens is 242 g/mol. The second-order valence-corrected chi connectivity index (χ2v) is 6.50. The average Bonchev–Trinajstić information content (AvgIpc) is 2.49. The van der Waals surface area contributed by atoms with Crippen molar-refractivity contribution in [2.24, 2.45) is 0 Å². The van der Waals surface area contributed by atoms with Crippen LogP contribution in [0.1, 0.15) is 12.0 Å². The SMILES string of the molecule is CS(=O)(=O)CCC1(O)C(=O)Nc2ccccc21. The van der Waals surface area contributed by atoms with E-state index in [0.717, 1.165) is 6.26 Å². The van der Waals surface area contributed by atoms with E-state index in [2.05, 4.69) is 5.32 Å². The van der Waals surface area contributed by atoms with Crippen LogP contribution in [0.15, 0.2) is 24.3 Å². The molecule has 0 bridgehead atoms. The molecule has 1 aromatic rings. The minimum Gasteiger partial charge on any atom is -0.375 e. The molecule has 5 nitrogen and oxygen atoms in total. The molecule has 0 aromatic heterocycles. The lowest BCUT2D eigenvalue weighted by Crippen LogP contribution is -2.36. The fraction of sp³-hybridized carbons (Fsp3) is 0.364. The van der Waals surface area contributed by atoms with E-state index in [1.807, 2.05) is 0 Å². The smallest absolute Gasteiger partial charge is 0.261 e. The van der Waals surface area contributed by atoms with Gasteiger partial charge in [0.1, 0.15) is 9.84 Å². The van der Waals surface area contributed by atoms with Gasteiger partial charge in [-0.1, -0.05) is 18.2 Å². The van der Waals surface area contributed by atoms with Crippen LogP contribution in [0.4, 0.5) is 5.69 Å². The van der Waals surface area contributed by atoms with Crippen molar-refractivity contribution in [1.82, 2.24) is 0 Å². The molecule has 92 valence electrons. The van der Waals surface area contributed by atoms with Gasteiger partial charge in [0.25, 0.3) is 5.91 Å². The Morgan fingerprint density at radius 3 is 2.65 bits per heavy atom. The van der Waals surface area contributed by atoms with Crippen molar-refractivity contribution in [2.75, 3.05) is 17.3 Å². The van der Waals surface area contributed by atoms with Crippen LogP contribution in [-0.2, 0) is 20.2 Å². The lowest BCUT2D eigenvalue weighted by molar-refractivity contribution is -0.133. The van der Waals surface area contributed by atoms with Gasteiger partial charge in [0.05, 0.1) is 5.75 Å². The van der Waals surface area contributed by atoms with Crippen LogP contribution in [0.5, 0.6) is 0 Å². The molecule has 1 heterocycles. The summed E-state index contributed by atoms with van der Waals surface area (Å²) in [6.07, 6.45) is 0.948. The topological polar surface area (TPSA) is 83.5 Å². The number of sulfone groups is 1. The second kappa shape index (κ2) is 3.82. The molecule has 0 fully saturated rings. The summed E-state index contributed by atoms with van der Waals surface area (Å²) in [5.74, 6) is -0.798. The summed E-state index contributed by atoms with van der Waals surface area (Å²) in [4.78, 5) is 11.7. The molecule has 17 heavy (non-hydrogen) atoms. The van der Waals surface area contributed by atoms with E-state index >= 15 is 0 Å². The predicted molar refractivity (Wildman–Crippen MR) is 63.3 cm³/mol. The molecule has 1 aromatic carbocycles. The third-order valence-electron chi connectivity index (χ3n) is 2.83. The first kappa shape index (κ1) is 12.1. The monoisotopic (exact) mass is 255 g/mol. The quantitative estimate of drug-likeness (QED) is 0.811. The maximum absolute atomic E-state index is 11.7. The summed E-state index contributed by atoms with van der Waals surface area (Å²) in [6, 6.07) is 6.73. The number of hydrogen-bond donors (Lipinski definition) is 2. The van der Waals surface area contributed by atoms with E-state index in [1.165, 1.54) is 0 Å². The lowest BCUT2D eigenvalue weighted by atomic mass is 9.93. The zero-order chi connectivity index (χ0) is 12.7. The molecule has 1 aliphatic heterocycles. The van der Waals surface area contributed by atoms with Crippen molar-refractivity contribution in [1.29, 1.82) is 0 Å². The third-order valence-corrected chi connectivity index (χ3v) is 3.78. The van der Waals surface area contributed by atoms with Crippen LogP contribution in [-0.4, -0.2) is 31.4 Å². The van der Waals surface area contributed by atoms with Gasteiger partial charge in [0.2, 0.25) is 0 Å². The number of hydrogen-bond acceptors (Lipinski definition) is 4. The largest absolute Gasteiger partial charge is 0.375 e. The Hall–Kier alpha value is -1.40. The first-order valence-electron chi connectivity index (χ1n) is 5.14. The zero-order valence-electron chi connectivity index (χ0n) is 9.30. The molecule has 0 saturated carbocycles. The minimum atomic E-state index is -3.22. The summed E-state index contributed by atoms with van der Waals surface area (Å²) >= 11 is 0. The first-order chi connectivity index (χ1) is 7.83. The van der Waals surface area contributed by atoms with Gasteiger partial charge in [0, 0.05) is 23.9 Å². The maximum Gasteiger partial charge on any atom is 0.261 e. The number of rotatable bonds is 3. The summed E-state index contributed by atoms with van der Waals surface area (Å²) in [6.45, 7) is 0. The van der Waals surface area contributed by atoms with E-state index < -0.39 is 21.3 Å². The van der Waals surface area contributed by atoms with Crippen LogP contribution >= 0.6 is 0 Å². The Balaban J connectivity index is 2.34. The molecule has 0 aliphatic carbocycles. The van der Waals surface area contributed by atoms with Crippen molar-refractivity contribution < 1.29 is 18.3 Å². The number of benzene rings is 1. The Labute approximate surface area is 99.4 Å². The molecule has 0 radical (unpaired) electrons. The predicted octanol–water partition coefficient (Wildman–Crippen LogP) is 0.261. The minimum absolute atomic E-state index is 0.130. The van der Waals surface area contributed by atoms with E-state index in [1.54, 1.807) is 24.3 Å². The summed E-state index contributed by atoms with van der Waals surface area (Å²) in [7, 11) is -3.22. The molecular formula is C11H13NO4S. The number of aliphatic hydroxyl groups is 1. The molecule has 1 amide bonds. The molecule has 1 unspecified atom stereocenters. The van der Waals surface area contributed by atoms with Gasteiger partial charge in [-0.05, 0) is 6.07 Å².